The van der Waals surface area contributed by atoms with Crippen LogP contribution in [0.5, 0.6) is 0 Å². The molecule has 1 aliphatic rings. The minimum atomic E-state index is -0.105. The zero-order chi connectivity index (χ0) is 16.8. The van der Waals surface area contributed by atoms with Crippen molar-refractivity contribution in [2.45, 2.75) is 26.0 Å². The lowest BCUT2D eigenvalue weighted by molar-refractivity contribution is -0.117. The fourth-order valence-corrected chi connectivity index (χ4v) is 3.20. The van der Waals surface area contributed by atoms with E-state index in [1.807, 2.05) is 6.07 Å². The summed E-state index contributed by atoms with van der Waals surface area (Å²) >= 11 is 0. The van der Waals surface area contributed by atoms with Crippen molar-refractivity contribution >= 4 is 11.6 Å². The number of nitrogens with one attached hydrogen (secondary N) is 1. The van der Waals surface area contributed by atoms with Crippen LogP contribution in [0.1, 0.15) is 24.0 Å². The van der Waals surface area contributed by atoms with Gasteiger partial charge in [0.2, 0.25) is 5.91 Å². The van der Waals surface area contributed by atoms with Gasteiger partial charge in [0, 0.05) is 31.3 Å². The van der Waals surface area contributed by atoms with Crippen LogP contribution in [-0.2, 0) is 17.9 Å². The highest BCUT2D eigenvalue weighted by Crippen LogP contribution is 2.22. The third-order valence-electron chi connectivity index (χ3n) is 4.45. The van der Waals surface area contributed by atoms with E-state index in [1.54, 1.807) is 18.5 Å². The fourth-order valence-electron chi connectivity index (χ4n) is 3.20. The van der Waals surface area contributed by atoms with Crippen LogP contribution in [0.3, 0.4) is 0 Å². The molecule has 0 saturated carbocycles. The van der Waals surface area contributed by atoms with Gasteiger partial charge in [0.1, 0.15) is 0 Å². The average Bonchev–Trinajstić information content (AvgIpc) is 3.03. The number of hydrogen-bond donors (Lipinski definition) is 2. The fraction of sp³-hybridized carbons (Fsp3) is 0.368. The van der Waals surface area contributed by atoms with Gasteiger partial charge in [0.05, 0.1) is 18.5 Å². The largest absolute Gasteiger partial charge is 0.392 e. The van der Waals surface area contributed by atoms with E-state index in [2.05, 4.69) is 39.5 Å². The Morgan fingerprint density at radius 1 is 1.29 bits per heavy atom. The molecule has 1 aromatic carbocycles. The molecule has 24 heavy (non-hydrogen) atoms. The Bertz CT molecular complexity index is 675. The first-order valence-corrected chi connectivity index (χ1v) is 8.34. The SMILES string of the molecule is O=C(C[C@@H]1CCN(Cc2ccccc2)C1)Nc1cnccc1CO. The highest BCUT2D eigenvalue weighted by atomic mass is 16.3. The molecule has 0 aliphatic carbocycles. The Kier molecular flexibility index (Phi) is 5.56. The van der Waals surface area contributed by atoms with Crippen LogP contribution in [0, 0.1) is 5.92 Å². The first kappa shape index (κ1) is 16.6. The predicted molar refractivity (Wildman–Crippen MR) is 93.2 cm³/mol. The quantitative estimate of drug-likeness (QED) is 0.856. The molecule has 5 heteroatoms. The highest BCUT2D eigenvalue weighted by Gasteiger charge is 2.24. The molecule has 1 saturated heterocycles. The van der Waals surface area contributed by atoms with Crippen LogP contribution in [-0.4, -0.2) is 34.0 Å². The Morgan fingerprint density at radius 2 is 2.12 bits per heavy atom. The number of rotatable bonds is 6. The summed E-state index contributed by atoms with van der Waals surface area (Å²) in [6.45, 7) is 2.81. The predicted octanol–water partition coefficient (Wildman–Crippen LogP) is 2.42. The molecule has 2 aromatic rings. The van der Waals surface area contributed by atoms with Gasteiger partial charge in [-0.15, -0.1) is 0 Å². The summed E-state index contributed by atoms with van der Waals surface area (Å²) in [7, 11) is 0. The van der Waals surface area contributed by atoms with E-state index in [4.69, 9.17) is 0 Å². The van der Waals surface area contributed by atoms with Gasteiger partial charge in [-0.2, -0.15) is 0 Å². The Hall–Kier alpha value is -2.24. The average molecular weight is 325 g/mol. The number of pyridine rings is 1. The molecule has 1 aromatic heterocycles. The molecular formula is C19H23N3O2. The van der Waals surface area contributed by atoms with Gasteiger partial charge in [0.15, 0.2) is 0 Å². The lowest BCUT2D eigenvalue weighted by Gasteiger charge is -2.16. The van der Waals surface area contributed by atoms with E-state index in [0.29, 0.717) is 23.6 Å². The zero-order valence-electron chi connectivity index (χ0n) is 13.7. The maximum Gasteiger partial charge on any atom is 0.224 e. The molecule has 2 heterocycles. The van der Waals surface area contributed by atoms with Crippen LogP contribution in [0.2, 0.25) is 0 Å². The molecule has 0 radical (unpaired) electrons. The number of benzene rings is 1. The smallest absolute Gasteiger partial charge is 0.224 e. The van der Waals surface area contributed by atoms with Crippen molar-refractivity contribution in [3.8, 4) is 0 Å². The Morgan fingerprint density at radius 3 is 2.92 bits per heavy atom. The first-order valence-electron chi connectivity index (χ1n) is 8.34. The summed E-state index contributed by atoms with van der Waals surface area (Å²) in [5.74, 6) is 0.368. The number of amides is 1. The van der Waals surface area contributed by atoms with E-state index in [9.17, 15) is 9.90 Å². The number of nitrogens with zero attached hydrogens (tertiary/aromatic N) is 2. The normalized spacial score (nSPS) is 17.8. The first-order chi connectivity index (χ1) is 11.7. The van der Waals surface area contributed by atoms with Crippen molar-refractivity contribution in [2.75, 3.05) is 18.4 Å². The maximum absolute atomic E-state index is 12.3. The molecule has 2 N–H and O–H groups in total. The molecule has 3 rings (SSSR count). The summed E-state index contributed by atoms with van der Waals surface area (Å²) in [6.07, 6.45) is 4.74. The van der Waals surface area contributed by atoms with Crippen molar-refractivity contribution in [2.24, 2.45) is 5.92 Å². The highest BCUT2D eigenvalue weighted by molar-refractivity contribution is 5.91. The second kappa shape index (κ2) is 8.04. The number of aliphatic hydroxyl groups is 1. The van der Waals surface area contributed by atoms with Crippen molar-refractivity contribution in [1.82, 2.24) is 9.88 Å². The molecule has 126 valence electrons. The number of aliphatic hydroxyl groups excluding tert-OH is 1. The molecule has 1 amide bonds. The van der Waals surface area contributed by atoms with E-state index in [1.165, 1.54) is 5.56 Å². The van der Waals surface area contributed by atoms with Crippen LogP contribution in [0.25, 0.3) is 0 Å². The molecule has 0 unspecified atom stereocenters. The van der Waals surface area contributed by atoms with Gasteiger partial charge in [-0.3, -0.25) is 14.7 Å². The van der Waals surface area contributed by atoms with Crippen LogP contribution in [0.4, 0.5) is 5.69 Å². The standard InChI is InChI=1S/C19H23N3O2/c23-14-17-6-8-20-11-18(17)21-19(24)10-16-7-9-22(13-16)12-15-4-2-1-3-5-15/h1-6,8,11,16,23H,7,9-10,12-14H2,(H,21,24)/t16-/m0/s1. The van der Waals surface area contributed by atoms with Crippen molar-refractivity contribution < 1.29 is 9.90 Å². The van der Waals surface area contributed by atoms with Crippen molar-refractivity contribution in [3.05, 3.63) is 59.9 Å². The molecule has 0 spiro atoms. The minimum Gasteiger partial charge on any atom is -0.392 e. The van der Waals surface area contributed by atoms with Gasteiger partial charge in [0.25, 0.3) is 0 Å². The molecule has 0 bridgehead atoms. The summed E-state index contributed by atoms with van der Waals surface area (Å²) < 4.78 is 0. The third kappa shape index (κ3) is 4.40. The van der Waals surface area contributed by atoms with Crippen LogP contribution < -0.4 is 5.32 Å². The van der Waals surface area contributed by atoms with Crippen LogP contribution >= 0.6 is 0 Å². The lowest BCUT2D eigenvalue weighted by Crippen LogP contribution is -2.22. The van der Waals surface area contributed by atoms with Gasteiger partial charge in [-0.05, 0) is 30.5 Å². The number of carbonyl (C=O) groups excluding carboxylic acids is 1. The van der Waals surface area contributed by atoms with Crippen LogP contribution in [0.15, 0.2) is 48.8 Å². The molecule has 5 nitrogen and oxygen atoms in total. The van der Waals surface area contributed by atoms with Gasteiger partial charge < -0.3 is 10.4 Å². The maximum atomic E-state index is 12.3. The number of likely N-dealkylation sites (tertiary alicyclic amines) is 1. The topological polar surface area (TPSA) is 65.5 Å². The number of aromatic nitrogens is 1. The third-order valence-corrected chi connectivity index (χ3v) is 4.45. The van der Waals surface area contributed by atoms with Gasteiger partial charge >= 0.3 is 0 Å². The monoisotopic (exact) mass is 325 g/mol. The summed E-state index contributed by atoms with van der Waals surface area (Å²) in [5, 5.41) is 12.2. The number of anilines is 1. The summed E-state index contributed by atoms with van der Waals surface area (Å²) in [5.41, 5.74) is 2.60. The summed E-state index contributed by atoms with van der Waals surface area (Å²) in [6, 6.07) is 12.1. The van der Waals surface area contributed by atoms with E-state index < -0.39 is 0 Å². The molecule has 1 aliphatic heterocycles. The van der Waals surface area contributed by atoms with Gasteiger partial charge in [-0.25, -0.2) is 0 Å². The van der Waals surface area contributed by atoms with E-state index >= 15 is 0 Å². The minimum absolute atomic E-state index is 0.00994. The molecular weight excluding hydrogens is 302 g/mol. The lowest BCUT2D eigenvalue weighted by atomic mass is 10.0. The second-order valence-electron chi connectivity index (χ2n) is 6.32. The number of hydrogen-bond acceptors (Lipinski definition) is 4. The molecule has 1 fully saturated rings. The molecule has 1 atom stereocenters. The van der Waals surface area contributed by atoms with Crippen molar-refractivity contribution in [3.63, 3.8) is 0 Å². The van der Waals surface area contributed by atoms with Gasteiger partial charge in [-0.1, -0.05) is 30.3 Å². The van der Waals surface area contributed by atoms with E-state index in [0.717, 1.165) is 26.1 Å². The zero-order valence-corrected chi connectivity index (χ0v) is 13.7. The van der Waals surface area contributed by atoms with E-state index in [-0.39, 0.29) is 12.5 Å². The second-order valence-corrected chi connectivity index (χ2v) is 6.32. The van der Waals surface area contributed by atoms with Crippen molar-refractivity contribution in [1.29, 1.82) is 0 Å². The summed E-state index contributed by atoms with van der Waals surface area (Å²) in [4.78, 5) is 18.7. The Balaban J connectivity index is 1.49. The number of carbonyl (C=O) groups is 1. The Labute approximate surface area is 142 Å².